The summed E-state index contributed by atoms with van der Waals surface area (Å²) in [5, 5.41) is 0. The molecular weight excluding hydrogens is 358 g/mol. The van der Waals surface area contributed by atoms with E-state index < -0.39 is 0 Å². The van der Waals surface area contributed by atoms with Gasteiger partial charge in [0.2, 0.25) is 0 Å². The van der Waals surface area contributed by atoms with Gasteiger partial charge in [-0.3, -0.25) is 4.90 Å². The van der Waals surface area contributed by atoms with E-state index in [2.05, 4.69) is 33.9 Å². The third-order valence-electron chi connectivity index (χ3n) is 3.64. The summed E-state index contributed by atoms with van der Waals surface area (Å²) in [6, 6.07) is 12.0. The van der Waals surface area contributed by atoms with Gasteiger partial charge in [-0.1, -0.05) is 24.3 Å². The van der Waals surface area contributed by atoms with E-state index in [1.165, 1.54) is 0 Å². The van der Waals surface area contributed by atoms with Crippen molar-refractivity contribution < 1.29 is 14.2 Å². The standard InChI is InChI=1S/C18H22BrNO3/c1-20(11-13-7-5-6-8-15(13)21-2)12-14-9-10-16(22-3)18(23-4)17(14)19/h5-10H,11-12H2,1-4H3. The van der Waals surface area contributed by atoms with E-state index in [0.717, 1.165) is 45.9 Å². The smallest absolute Gasteiger partial charge is 0.175 e. The normalized spacial score (nSPS) is 10.7. The molecule has 2 aromatic rings. The average molecular weight is 380 g/mol. The van der Waals surface area contributed by atoms with Crippen molar-refractivity contribution in [3.05, 3.63) is 52.0 Å². The topological polar surface area (TPSA) is 30.9 Å². The van der Waals surface area contributed by atoms with Gasteiger partial charge in [0.25, 0.3) is 0 Å². The minimum absolute atomic E-state index is 0.718. The molecule has 0 saturated heterocycles. The molecule has 0 aliphatic rings. The van der Waals surface area contributed by atoms with E-state index in [9.17, 15) is 0 Å². The molecule has 23 heavy (non-hydrogen) atoms. The van der Waals surface area contributed by atoms with Crippen LogP contribution in [0.4, 0.5) is 0 Å². The lowest BCUT2D eigenvalue weighted by Crippen LogP contribution is -2.18. The highest BCUT2D eigenvalue weighted by molar-refractivity contribution is 9.10. The van der Waals surface area contributed by atoms with Crippen LogP contribution in [0.2, 0.25) is 0 Å². The monoisotopic (exact) mass is 379 g/mol. The molecule has 0 aliphatic carbocycles. The van der Waals surface area contributed by atoms with Crippen LogP contribution in [0.1, 0.15) is 11.1 Å². The lowest BCUT2D eigenvalue weighted by Gasteiger charge is -2.20. The van der Waals surface area contributed by atoms with Gasteiger partial charge in [-0.2, -0.15) is 0 Å². The van der Waals surface area contributed by atoms with Crippen LogP contribution < -0.4 is 14.2 Å². The lowest BCUT2D eigenvalue weighted by molar-refractivity contribution is 0.307. The van der Waals surface area contributed by atoms with Crippen molar-refractivity contribution in [1.29, 1.82) is 0 Å². The highest BCUT2D eigenvalue weighted by atomic mass is 79.9. The summed E-state index contributed by atoms with van der Waals surface area (Å²) in [4.78, 5) is 2.23. The summed E-state index contributed by atoms with van der Waals surface area (Å²) in [6.45, 7) is 1.57. The Labute approximate surface area is 146 Å². The number of halogens is 1. The number of rotatable bonds is 7. The fourth-order valence-electron chi connectivity index (χ4n) is 2.52. The molecule has 0 heterocycles. The Balaban J connectivity index is 2.16. The van der Waals surface area contributed by atoms with Crippen LogP contribution >= 0.6 is 15.9 Å². The van der Waals surface area contributed by atoms with Crippen molar-refractivity contribution >= 4 is 15.9 Å². The van der Waals surface area contributed by atoms with Gasteiger partial charge in [0, 0.05) is 18.7 Å². The fraction of sp³-hybridized carbons (Fsp3) is 0.333. The Bertz CT molecular complexity index is 661. The molecule has 4 nitrogen and oxygen atoms in total. The van der Waals surface area contributed by atoms with Gasteiger partial charge < -0.3 is 14.2 Å². The third kappa shape index (κ3) is 4.18. The van der Waals surface area contributed by atoms with Crippen molar-refractivity contribution in [2.75, 3.05) is 28.4 Å². The SMILES string of the molecule is COc1ccccc1CN(C)Cc1ccc(OC)c(OC)c1Br. The minimum atomic E-state index is 0.718. The van der Waals surface area contributed by atoms with Crippen molar-refractivity contribution in [1.82, 2.24) is 4.90 Å². The first kappa shape index (κ1) is 17.6. The van der Waals surface area contributed by atoms with Crippen LogP contribution in [0.5, 0.6) is 17.2 Å². The third-order valence-corrected chi connectivity index (χ3v) is 4.51. The van der Waals surface area contributed by atoms with E-state index in [0.29, 0.717) is 0 Å². The number of ether oxygens (including phenoxy) is 3. The Kier molecular flexibility index (Phi) is 6.30. The second kappa shape index (κ2) is 8.22. The molecule has 5 heteroatoms. The van der Waals surface area contributed by atoms with Crippen LogP contribution in [0, 0.1) is 0 Å². The summed E-state index contributed by atoms with van der Waals surface area (Å²) in [6.07, 6.45) is 0. The largest absolute Gasteiger partial charge is 0.496 e. The number of methoxy groups -OCH3 is 3. The van der Waals surface area contributed by atoms with Crippen LogP contribution in [0.15, 0.2) is 40.9 Å². The van der Waals surface area contributed by atoms with Crippen LogP contribution in [-0.2, 0) is 13.1 Å². The van der Waals surface area contributed by atoms with Gasteiger partial charge in [0.1, 0.15) is 5.75 Å². The molecule has 0 spiro atoms. The minimum Gasteiger partial charge on any atom is -0.496 e. The number of benzene rings is 2. The molecule has 2 rings (SSSR count). The van der Waals surface area contributed by atoms with Crippen molar-refractivity contribution in [3.8, 4) is 17.2 Å². The molecule has 2 aromatic carbocycles. The highest BCUT2D eigenvalue weighted by Gasteiger charge is 2.14. The molecule has 0 fully saturated rings. The van der Waals surface area contributed by atoms with Gasteiger partial charge in [-0.05, 0) is 40.7 Å². The van der Waals surface area contributed by atoms with Gasteiger partial charge in [0.05, 0.1) is 25.8 Å². The first-order chi connectivity index (χ1) is 11.1. The Morgan fingerprint density at radius 2 is 1.48 bits per heavy atom. The zero-order valence-electron chi connectivity index (χ0n) is 13.9. The Morgan fingerprint density at radius 3 is 2.13 bits per heavy atom. The molecule has 0 aromatic heterocycles. The fourth-order valence-corrected chi connectivity index (χ4v) is 3.14. The molecular formula is C18H22BrNO3. The van der Waals surface area contributed by atoms with Crippen LogP contribution in [0.25, 0.3) is 0 Å². The predicted molar refractivity (Wildman–Crippen MR) is 95.4 cm³/mol. The first-order valence-corrected chi connectivity index (χ1v) is 8.09. The molecule has 0 amide bonds. The van der Waals surface area contributed by atoms with Gasteiger partial charge >= 0.3 is 0 Å². The highest BCUT2D eigenvalue weighted by Crippen LogP contribution is 2.38. The van der Waals surface area contributed by atoms with E-state index in [-0.39, 0.29) is 0 Å². The van der Waals surface area contributed by atoms with E-state index in [4.69, 9.17) is 14.2 Å². The number of para-hydroxylation sites is 1. The Morgan fingerprint density at radius 1 is 0.826 bits per heavy atom. The molecule has 0 radical (unpaired) electrons. The van der Waals surface area contributed by atoms with E-state index in [1.807, 2.05) is 30.3 Å². The number of hydrogen-bond donors (Lipinski definition) is 0. The maximum atomic E-state index is 5.43. The molecule has 0 unspecified atom stereocenters. The predicted octanol–water partition coefficient (Wildman–Crippen LogP) is 4.11. The molecule has 0 atom stereocenters. The van der Waals surface area contributed by atoms with Crippen molar-refractivity contribution in [2.24, 2.45) is 0 Å². The van der Waals surface area contributed by atoms with Crippen LogP contribution in [0.3, 0.4) is 0 Å². The molecule has 0 saturated carbocycles. The second-order valence-electron chi connectivity index (χ2n) is 5.26. The second-order valence-corrected chi connectivity index (χ2v) is 6.05. The molecule has 0 aliphatic heterocycles. The van der Waals surface area contributed by atoms with Crippen molar-refractivity contribution in [3.63, 3.8) is 0 Å². The number of hydrogen-bond acceptors (Lipinski definition) is 4. The quantitative estimate of drug-likeness (QED) is 0.724. The lowest BCUT2D eigenvalue weighted by atomic mass is 10.1. The number of nitrogens with zero attached hydrogens (tertiary/aromatic N) is 1. The molecule has 124 valence electrons. The summed E-state index contributed by atoms with van der Waals surface area (Å²) in [5.41, 5.74) is 2.30. The van der Waals surface area contributed by atoms with E-state index >= 15 is 0 Å². The van der Waals surface area contributed by atoms with E-state index in [1.54, 1.807) is 21.3 Å². The zero-order valence-corrected chi connectivity index (χ0v) is 15.5. The zero-order chi connectivity index (χ0) is 16.8. The Hall–Kier alpha value is -1.72. The summed E-state index contributed by atoms with van der Waals surface area (Å²) in [5.74, 6) is 2.34. The van der Waals surface area contributed by atoms with Gasteiger partial charge in [-0.15, -0.1) is 0 Å². The average Bonchev–Trinajstić information content (AvgIpc) is 2.56. The van der Waals surface area contributed by atoms with Gasteiger partial charge in [-0.25, -0.2) is 0 Å². The first-order valence-electron chi connectivity index (χ1n) is 7.30. The molecule has 0 bridgehead atoms. The van der Waals surface area contributed by atoms with Gasteiger partial charge in [0.15, 0.2) is 11.5 Å². The summed E-state index contributed by atoms with van der Waals surface area (Å²) >= 11 is 3.62. The maximum Gasteiger partial charge on any atom is 0.175 e. The summed E-state index contributed by atoms with van der Waals surface area (Å²) in [7, 11) is 7.06. The summed E-state index contributed by atoms with van der Waals surface area (Å²) < 4.78 is 17.1. The van der Waals surface area contributed by atoms with Crippen molar-refractivity contribution in [2.45, 2.75) is 13.1 Å². The van der Waals surface area contributed by atoms with Crippen LogP contribution in [-0.4, -0.2) is 33.3 Å². The molecule has 0 N–H and O–H groups in total. The maximum absolute atomic E-state index is 5.43.